The molecule has 2 rings (SSSR count). The smallest absolute Gasteiger partial charge is 0.191 e. The van der Waals surface area contributed by atoms with Crippen molar-refractivity contribution in [3.8, 4) is 0 Å². The molecule has 0 amide bonds. The van der Waals surface area contributed by atoms with Gasteiger partial charge in [-0.1, -0.05) is 18.7 Å². The summed E-state index contributed by atoms with van der Waals surface area (Å²) in [4.78, 5) is 10.6. The minimum atomic E-state index is -0.667. The molecule has 0 bridgehead atoms. The number of nitrogen functional groups attached to an aromatic ring is 1. The van der Waals surface area contributed by atoms with E-state index in [1.807, 2.05) is 20.1 Å². The predicted octanol–water partition coefficient (Wildman–Crippen LogP) is 0.988. The minimum absolute atomic E-state index is 0.219. The number of rotatable bonds is 2. The highest BCUT2D eigenvalue weighted by molar-refractivity contribution is 7.98. The van der Waals surface area contributed by atoms with Gasteiger partial charge in [0, 0.05) is 25.1 Å². The van der Waals surface area contributed by atoms with Crippen LogP contribution in [0.2, 0.25) is 0 Å². The SMILES string of the molecule is CSc1nc(N)cc(N2C[C@@H](C)[C@@](C)(O)C2)n1. The number of anilines is 2. The average Bonchev–Trinajstić information content (AvgIpc) is 2.53. The summed E-state index contributed by atoms with van der Waals surface area (Å²) >= 11 is 1.47. The first-order valence-electron chi connectivity index (χ1n) is 5.58. The van der Waals surface area contributed by atoms with E-state index in [4.69, 9.17) is 5.73 Å². The van der Waals surface area contributed by atoms with Gasteiger partial charge in [-0.2, -0.15) is 0 Å². The number of β-amino-alcohol motifs (C(OH)–C–C–N with tert-alkyl or cyclic N) is 1. The fourth-order valence-electron chi connectivity index (χ4n) is 1.99. The lowest BCUT2D eigenvalue weighted by Crippen LogP contribution is -2.33. The molecule has 2 atom stereocenters. The number of hydrogen-bond acceptors (Lipinski definition) is 6. The molecule has 1 fully saturated rings. The maximum Gasteiger partial charge on any atom is 0.191 e. The first kappa shape index (κ1) is 12.4. The predicted molar refractivity (Wildman–Crippen MR) is 70.2 cm³/mol. The molecule has 0 unspecified atom stereocenters. The molecule has 5 nitrogen and oxygen atoms in total. The molecule has 0 aliphatic carbocycles. The van der Waals surface area contributed by atoms with Crippen molar-refractivity contribution in [2.24, 2.45) is 5.92 Å². The van der Waals surface area contributed by atoms with Crippen molar-refractivity contribution in [2.45, 2.75) is 24.6 Å². The Hall–Kier alpha value is -1.01. The average molecular weight is 254 g/mol. The molecule has 1 aliphatic heterocycles. The molecule has 6 heteroatoms. The van der Waals surface area contributed by atoms with Gasteiger partial charge in [-0.25, -0.2) is 9.97 Å². The lowest BCUT2D eigenvalue weighted by molar-refractivity contribution is 0.0443. The van der Waals surface area contributed by atoms with Gasteiger partial charge in [0.05, 0.1) is 5.60 Å². The van der Waals surface area contributed by atoms with E-state index in [1.54, 1.807) is 6.07 Å². The molecule has 0 spiro atoms. The van der Waals surface area contributed by atoms with Gasteiger partial charge in [0.1, 0.15) is 11.6 Å². The maximum atomic E-state index is 10.2. The first-order chi connectivity index (χ1) is 7.92. The van der Waals surface area contributed by atoms with Crippen LogP contribution in [0.25, 0.3) is 0 Å². The molecule has 1 saturated heterocycles. The zero-order chi connectivity index (χ0) is 12.6. The van der Waals surface area contributed by atoms with E-state index in [2.05, 4.69) is 14.9 Å². The van der Waals surface area contributed by atoms with Crippen LogP contribution in [0, 0.1) is 5.92 Å². The number of hydrogen-bond donors (Lipinski definition) is 2. The molecule has 1 aromatic rings. The Kier molecular flexibility index (Phi) is 3.18. The monoisotopic (exact) mass is 254 g/mol. The van der Waals surface area contributed by atoms with Crippen LogP contribution in [-0.4, -0.2) is 40.0 Å². The summed E-state index contributed by atoms with van der Waals surface area (Å²) in [6.45, 7) is 5.27. The van der Waals surface area contributed by atoms with E-state index in [9.17, 15) is 5.11 Å². The van der Waals surface area contributed by atoms with Crippen LogP contribution >= 0.6 is 11.8 Å². The standard InChI is InChI=1S/C11H18N4OS/c1-7-5-15(6-11(7,2)16)9-4-8(12)13-10(14-9)17-3/h4,7,16H,5-6H2,1-3H3,(H2,12,13,14)/t7-,11+/m1/s1. The van der Waals surface area contributed by atoms with Crippen LogP contribution in [0.1, 0.15) is 13.8 Å². The van der Waals surface area contributed by atoms with Gasteiger partial charge in [-0.3, -0.25) is 0 Å². The van der Waals surface area contributed by atoms with Crippen LogP contribution in [0.5, 0.6) is 0 Å². The Morgan fingerprint density at radius 1 is 1.59 bits per heavy atom. The third-order valence-electron chi connectivity index (χ3n) is 3.29. The van der Waals surface area contributed by atoms with Gasteiger partial charge in [0.2, 0.25) is 0 Å². The molecule has 1 aromatic heterocycles. The molecule has 0 aromatic carbocycles. The van der Waals surface area contributed by atoms with Gasteiger partial charge < -0.3 is 15.7 Å². The van der Waals surface area contributed by atoms with Crippen molar-refractivity contribution in [2.75, 3.05) is 30.0 Å². The van der Waals surface area contributed by atoms with Crippen LogP contribution in [0.4, 0.5) is 11.6 Å². The normalized spacial score (nSPS) is 28.7. The quantitative estimate of drug-likeness (QED) is 0.605. The molecular formula is C11H18N4OS. The van der Waals surface area contributed by atoms with Gasteiger partial charge in [-0.05, 0) is 13.2 Å². The molecule has 2 heterocycles. The Morgan fingerprint density at radius 3 is 2.82 bits per heavy atom. The van der Waals surface area contributed by atoms with Crippen molar-refractivity contribution in [3.05, 3.63) is 6.07 Å². The van der Waals surface area contributed by atoms with Crippen molar-refractivity contribution in [3.63, 3.8) is 0 Å². The lowest BCUT2D eigenvalue weighted by atomic mass is 9.95. The Bertz CT molecular complexity index is 424. The zero-order valence-corrected chi connectivity index (χ0v) is 11.2. The van der Waals surface area contributed by atoms with E-state index in [0.717, 1.165) is 12.4 Å². The molecule has 94 valence electrons. The van der Waals surface area contributed by atoms with Gasteiger partial charge in [0.15, 0.2) is 5.16 Å². The summed E-state index contributed by atoms with van der Waals surface area (Å²) in [5, 5.41) is 10.8. The van der Waals surface area contributed by atoms with Crippen LogP contribution < -0.4 is 10.6 Å². The summed E-state index contributed by atoms with van der Waals surface area (Å²) in [5.74, 6) is 1.49. The van der Waals surface area contributed by atoms with Crippen molar-refractivity contribution < 1.29 is 5.11 Å². The van der Waals surface area contributed by atoms with Crippen molar-refractivity contribution in [1.29, 1.82) is 0 Å². The lowest BCUT2D eigenvalue weighted by Gasteiger charge is -2.21. The van der Waals surface area contributed by atoms with Crippen molar-refractivity contribution in [1.82, 2.24) is 9.97 Å². The maximum absolute atomic E-state index is 10.2. The second-order valence-corrected chi connectivity index (χ2v) is 5.55. The first-order valence-corrected chi connectivity index (χ1v) is 6.81. The summed E-state index contributed by atoms with van der Waals surface area (Å²) in [6, 6.07) is 1.76. The molecule has 3 N–H and O–H groups in total. The number of aromatic nitrogens is 2. The number of aliphatic hydroxyl groups is 1. The third-order valence-corrected chi connectivity index (χ3v) is 3.83. The van der Waals surface area contributed by atoms with Gasteiger partial charge in [0.25, 0.3) is 0 Å². The second-order valence-electron chi connectivity index (χ2n) is 4.78. The van der Waals surface area contributed by atoms with Crippen LogP contribution in [0.15, 0.2) is 11.2 Å². The number of nitrogens with two attached hydrogens (primary N) is 1. The minimum Gasteiger partial charge on any atom is -0.388 e. The van der Waals surface area contributed by atoms with Crippen molar-refractivity contribution >= 4 is 23.4 Å². The Morgan fingerprint density at radius 2 is 2.29 bits per heavy atom. The fraction of sp³-hybridized carbons (Fsp3) is 0.636. The Balaban J connectivity index is 2.27. The summed E-state index contributed by atoms with van der Waals surface area (Å²) in [5.41, 5.74) is 5.08. The van der Waals surface area contributed by atoms with E-state index >= 15 is 0 Å². The summed E-state index contributed by atoms with van der Waals surface area (Å²) in [7, 11) is 0. The van der Waals surface area contributed by atoms with E-state index in [-0.39, 0.29) is 5.92 Å². The molecular weight excluding hydrogens is 236 g/mol. The fourth-order valence-corrected chi connectivity index (χ4v) is 2.37. The Labute approximate surface area is 105 Å². The number of thioether (sulfide) groups is 1. The second kappa shape index (κ2) is 4.34. The van der Waals surface area contributed by atoms with Gasteiger partial charge in [-0.15, -0.1) is 0 Å². The molecule has 0 radical (unpaired) electrons. The molecule has 1 aliphatic rings. The number of nitrogens with zero attached hydrogens (tertiary/aromatic N) is 3. The zero-order valence-electron chi connectivity index (χ0n) is 10.3. The summed E-state index contributed by atoms with van der Waals surface area (Å²) in [6.07, 6.45) is 1.92. The summed E-state index contributed by atoms with van der Waals surface area (Å²) < 4.78 is 0. The van der Waals surface area contributed by atoms with Gasteiger partial charge >= 0.3 is 0 Å². The topological polar surface area (TPSA) is 75.3 Å². The third kappa shape index (κ3) is 2.47. The van der Waals surface area contributed by atoms with E-state index in [1.165, 1.54) is 11.8 Å². The largest absolute Gasteiger partial charge is 0.388 e. The highest BCUT2D eigenvalue weighted by Crippen LogP contribution is 2.31. The van der Waals surface area contributed by atoms with Crippen LogP contribution in [-0.2, 0) is 0 Å². The molecule has 17 heavy (non-hydrogen) atoms. The highest BCUT2D eigenvalue weighted by Gasteiger charge is 2.39. The van der Waals surface area contributed by atoms with E-state index < -0.39 is 5.60 Å². The van der Waals surface area contributed by atoms with E-state index in [0.29, 0.717) is 17.5 Å². The highest BCUT2D eigenvalue weighted by atomic mass is 32.2. The molecule has 0 saturated carbocycles. The van der Waals surface area contributed by atoms with Crippen LogP contribution in [0.3, 0.4) is 0 Å².